The van der Waals surface area contributed by atoms with E-state index in [0.717, 1.165) is 0 Å². The summed E-state index contributed by atoms with van der Waals surface area (Å²) in [6.07, 6.45) is 0. The first-order chi connectivity index (χ1) is 9.04. The van der Waals surface area contributed by atoms with Gasteiger partial charge in [0.05, 0.1) is 11.1 Å². The monoisotopic (exact) mass is 282 g/mol. The van der Waals surface area contributed by atoms with Crippen LogP contribution in [0.4, 0.5) is 5.69 Å². The molecule has 1 aromatic carbocycles. The third-order valence-corrected chi connectivity index (χ3v) is 3.25. The lowest BCUT2D eigenvalue weighted by atomic mass is 10.1. The summed E-state index contributed by atoms with van der Waals surface area (Å²) in [5.74, 6) is -0.676. The van der Waals surface area contributed by atoms with Crippen molar-refractivity contribution in [3.8, 4) is 0 Å². The van der Waals surface area contributed by atoms with E-state index in [1.807, 2.05) is 13.8 Å². The number of halogens is 1. The van der Waals surface area contributed by atoms with E-state index in [-0.39, 0.29) is 11.9 Å². The second-order valence-electron chi connectivity index (χ2n) is 4.64. The molecule has 0 unspecified atom stereocenters. The van der Waals surface area contributed by atoms with E-state index in [0.29, 0.717) is 29.9 Å². The van der Waals surface area contributed by atoms with Gasteiger partial charge in [-0.3, -0.25) is 4.79 Å². The highest BCUT2D eigenvalue weighted by atomic mass is 35.5. The standard InChI is InChI=1S/C13H15ClN2O3/c1-8(2)16-6-5-15-11-7-9(13(18)19-14)3-4-10(11)12(16)17/h3-4,7-8,15H,5-6H2,1-2H3. The van der Waals surface area contributed by atoms with Crippen molar-refractivity contribution in [1.82, 2.24) is 4.90 Å². The van der Waals surface area contributed by atoms with Gasteiger partial charge in [0.1, 0.15) is 11.9 Å². The summed E-state index contributed by atoms with van der Waals surface area (Å²) in [5, 5.41) is 3.15. The molecule has 1 aliphatic rings. The van der Waals surface area contributed by atoms with Crippen molar-refractivity contribution in [2.75, 3.05) is 18.4 Å². The van der Waals surface area contributed by atoms with Crippen molar-refractivity contribution < 1.29 is 13.9 Å². The highest BCUT2D eigenvalue weighted by Gasteiger charge is 2.25. The molecule has 0 saturated carbocycles. The molecule has 1 amide bonds. The minimum Gasteiger partial charge on any atom is -0.383 e. The van der Waals surface area contributed by atoms with Gasteiger partial charge in [-0.05, 0) is 32.0 Å². The molecule has 0 saturated heterocycles. The van der Waals surface area contributed by atoms with E-state index < -0.39 is 5.97 Å². The number of rotatable bonds is 2. The number of carbonyl (C=O) groups is 2. The van der Waals surface area contributed by atoms with E-state index in [4.69, 9.17) is 11.9 Å². The summed E-state index contributed by atoms with van der Waals surface area (Å²) in [5.41, 5.74) is 1.50. The van der Waals surface area contributed by atoms with Gasteiger partial charge in [-0.25, -0.2) is 4.79 Å². The molecule has 0 aliphatic carbocycles. The first kappa shape index (κ1) is 13.7. The quantitative estimate of drug-likeness (QED) is 0.904. The fourth-order valence-electron chi connectivity index (χ4n) is 2.11. The Labute approximate surface area is 116 Å². The van der Waals surface area contributed by atoms with Crippen molar-refractivity contribution in [1.29, 1.82) is 0 Å². The van der Waals surface area contributed by atoms with E-state index >= 15 is 0 Å². The molecule has 0 aromatic heterocycles. The van der Waals surface area contributed by atoms with Gasteiger partial charge in [-0.2, -0.15) is 0 Å². The van der Waals surface area contributed by atoms with Crippen LogP contribution in [0.5, 0.6) is 0 Å². The molecule has 0 fully saturated rings. The minimum absolute atomic E-state index is 0.0409. The van der Waals surface area contributed by atoms with E-state index in [1.54, 1.807) is 17.0 Å². The molecule has 0 spiro atoms. The first-order valence-corrected chi connectivity index (χ1v) is 6.37. The molecule has 19 heavy (non-hydrogen) atoms. The van der Waals surface area contributed by atoms with Crippen molar-refractivity contribution in [3.05, 3.63) is 29.3 Å². The van der Waals surface area contributed by atoms with Crippen molar-refractivity contribution in [2.45, 2.75) is 19.9 Å². The summed E-state index contributed by atoms with van der Waals surface area (Å²) in [6, 6.07) is 4.87. The van der Waals surface area contributed by atoms with Crippen LogP contribution in [-0.2, 0) is 4.29 Å². The van der Waals surface area contributed by atoms with Gasteiger partial charge in [0.25, 0.3) is 5.91 Å². The molecule has 0 bridgehead atoms. The zero-order valence-corrected chi connectivity index (χ0v) is 11.5. The molecule has 1 N–H and O–H groups in total. The Balaban J connectivity index is 2.39. The summed E-state index contributed by atoms with van der Waals surface area (Å²) >= 11 is 5.05. The number of nitrogens with one attached hydrogen (secondary N) is 1. The third-order valence-electron chi connectivity index (χ3n) is 3.11. The van der Waals surface area contributed by atoms with E-state index in [9.17, 15) is 9.59 Å². The summed E-state index contributed by atoms with van der Waals surface area (Å²) in [4.78, 5) is 25.5. The second-order valence-corrected chi connectivity index (χ2v) is 4.80. The van der Waals surface area contributed by atoms with Gasteiger partial charge < -0.3 is 14.5 Å². The average molecular weight is 283 g/mol. The number of hydrogen-bond acceptors (Lipinski definition) is 4. The number of anilines is 1. The topological polar surface area (TPSA) is 58.6 Å². The maximum Gasteiger partial charge on any atom is 0.356 e. The number of hydrogen-bond donors (Lipinski definition) is 1. The zero-order valence-electron chi connectivity index (χ0n) is 10.8. The Hall–Kier alpha value is -1.75. The SMILES string of the molecule is CC(C)N1CCNc2cc(C(=O)OCl)ccc2C1=O. The lowest BCUT2D eigenvalue weighted by molar-refractivity contribution is 0.0715. The van der Waals surface area contributed by atoms with Gasteiger partial charge >= 0.3 is 5.97 Å². The van der Waals surface area contributed by atoms with Crippen LogP contribution in [0.1, 0.15) is 34.6 Å². The summed E-state index contributed by atoms with van der Waals surface area (Å²) in [7, 11) is 0. The van der Waals surface area contributed by atoms with Crippen LogP contribution in [0.3, 0.4) is 0 Å². The molecule has 1 aliphatic heterocycles. The smallest absolute Gasteiger partial charge is 0.356 e. The Morgan fingerprint density at radius 1 is 1.47 bits per heavy atom. The van der Waals surface area contributed by atoms with Crippen molar-refractivity contribution in [2.24, 2.45) is 0 Å². The molecular formula is C13H15ClN2O3. The number of amides is 1. The largest absolute Gasteiger partial charge is 0.383 e. The van der Waals surface area contributed by atoms with Gasteiger partial charge in [0.15, 0.2) is 0 Å². The molecule has 0 atom stereocenters. The number of nitrogens with zero attached hydrogens (tertiary/aromatic N) is 1. The van der Waals surface area contributed by atoms with Gasteiger partial charge in [0.2, 0.25) is 0 Å². The van der Waals surface area contributed by atoms with Crippen LogP contribution >= 0.6 is 11.9 Å². The molecule has 102 valence electrons. The molecule has 2 rings (SSSR count). The normalized spacial score (nSPS) is 14.7. The number of benzene rings is 1. The number of fused-ring (bicyclic) bond motifs is 1. The highest BCUT2D eigenvalue weighted by Crippen LogP contribution is 2.23. The molecule has 6 heteroatoms. The minimum atomic E-state index is -0.635. The Morgan fingerprint density at radius 2 is 2.21 bits per heavy atom. The maximum atomic E-state index is 12.4. The van der Waals surface area contributed by atoms with Crippen LogP contribution in [0.2, 0.25) is 0 Å². The Morgan fingerprint density at radius 3 is 2.84 bits per heavy atom. The lowest BCUT2D eigenvalue weighted by Gasteiger charge is -2.24. The van der Waals surface area contributed by atoms with Crippen LogP contribution in [0.15, 0.2) is 18.2 Å². The zero-order chi connectivity index (χ0) is 14.0. The fraction of sp³-hybridized carbons (Fsp3) is 0.385. The van der Waals surface area contributed by atoms with E-state index in [1.165, 1.54) is 6.07 Å². The van der Waals surface area contributed by atoms with E-state index in [2.05, 4.69) is 9.61 Å². The summed E-state index contributed by atoms with van der Waals surface area (Å²) < 4.78 is 4.15. The lowest BCUT2D eigenvalue weighted by Crippen LogP contribution is -2.38. The maximum absolute atomic E-state index is 12.4. The number of carbonyl (C=O) groups excluding carboxylic acids is 2. The van der Waals surface area contributed by atoms with Crippen LogP contribution in [0.25, 0.3) is 0 Å². The average Bonchev–Trinajstić information content (AvgIpc) is 2.57. The summed E-state index contributed by atoms with van der Waals surface area (Å²) in [6.45, 7) is 5.21. The van der Waals surface area contributed by atoms with Gasteiger partial charge in [-0.15, -0.1) is 0 Å². The van der Waals surface area contributed by atoms with Gasteiger partial charge in [-0.1, -0.05) is 0 Å². The van der Waals surface area contributed by atoms with Crippen molar-refractivity contribution >= 4 is 29.4 Å². The fourth-order valence-corrected chi connectivity index (χ4v) is 2.20. The van der Waals surface area contributed by atoms with Crippen LogP contribution < -0.4 is 5.32 Å². The Bertz CT molecular complexity index is 517. The molecule has 1 heterocycles. The molecular weight excluding hydrogens is 268 g/mol. The van der Waals surface area contributed by atoms with Crippen molar-refractivity contribution in [3.63, 3.8) is 0 Å². The Kier molecular flexibility index (Phi) is 3.95. The van der Waals surface area contributed by atoms with Crippen LogP contribution in [0, 0.1) is 0 Å². The predicted molar refractivity (Wildman–Crippen MR) is 72.4 cm³/mol. The molecule has 5 nitrogen and oxygen atoms in total. The van der Waals surface area contributed by atoms with Gasteiger partial charge in [0, 0.05) is 24.8 Å². The first-order valence-electron chi connectivity index (χ1n) is 6.06. The van der Waals surface area contributed by atoms with Crippen LogP contribution in [-0.4, -0.2) is 35.9 Å². The highest BCUT2D eigenvalue weighted by molar-refractivity contribution is 6.16. The third kappa shape index (κ3) is 2.66. The molecule has 0 radical (unpaired) electrons. The second kappa shape index (κ2) is 5.48. The molecule has 1 aromatic rings. The predicted octanol–water partition coefficient (Wildman–Crippen LogP) is 2.27.